The van der Waals surface area contributed by atoms with Gasteiger partial charge in [0.15, 0.2) is 0 Å². The van der Waals surface area contributed by atoms with E-state index in [1.807, 2.05) is 20.8 Å². The number of carbonyl (C=O) groups excluding carboxylic acids is 1. The quantitative estimate of drug-likeness (QED) is 0.765. The summed E-state index contributed by atoms with van der Waals surface area (Å²) in [7, 11) is 0. The zero-order valence-electron chi connectivity index (χ0n) is 10.2. The average Bonchev–Trinajstić information content (AvgIpc) is 2.56. The van der Waals surface area contributed by atoms with Crippen LogP contribution >= 0.6 is 0 Å². The molecule has 1 fully saturated rings. The molecule has 1 aliphatic carbocycles. The molecule has 0 aromatic heterocycles. The molecule has 1 rings (SSSR count). The molecule has 92 valence electrons. The lowest BCUT2D eigenvalue weighted by atomic mass is 9.95. The number of carboxylic acid groups (broad SMARTS) is 1. The third-order valence-corrected chi connectivity index (χ3v) is 3.14. The number of hydrogen-bond acceptors (Lipinski definition) is 2. The third kappa shape index (κ3) is 3.22. The molecule has 2 N–H and O–H groups in total. The van der Waals surface area contributed by atoms with Crippen LogP contribution in [-0.4, -0.2) is 23.5 Å². The van der Waals surface area contributed by atoms with Gasteiger partial charge in [0.05, 0.1) is 11.8 Å². The van der Waals surface area contributed by atoms with Crippen LogP contribution in [0.4, 0.5) is 0 Å². The first-order valence-corrected chi connectivity index (χ1v) is 5.92. The first kappa shape index (κ1) is 13.0. The third-order valence-electron chi connectivity index (χ3n) is 3.14. The van der Waals surface area contributed by atoms with E-state index in [2.05, 4.69) is 5.32 Å². The van der Waals surface area contributed by atoms with Gasteiger partial charge in [-0.3, -0.25) is 9.59 Å². The van der Waals surface area contributed by atoms with E-state index in [-0.39, 0.29) is 11.8 Å². The molecule has 0 radical (unpaired) electrons. The predicted octanol–water partition coefficient (Wildman–Crippen LogP) is 1.51. The number of nitrogens with one attached hydrogen (secondary N) is 1. The Morgan fingerprint density at radius 2 is 1.88 bits per heavy atom. The second kappa shape index (κ2) is 5.32. The van der Waals surface area contributed by atoms with E-state index in [0.717, 1.165) is 0 Å². The highest BCUT2D eigenvalue weighted by Gasteiger charge is 2.40. The van der Waals surface area contributed by atoms with Crippen LogP contribution < -0.4 is 5.32 Å². The molecule has 1 saturated carbocycles. The zero-order chi connectivity index (χ0) is 12.3. The van der Waals surface area contributed by atoms with Gasteiger partial charge in [0.1, 0.15) is 0 Å². The van der Waals surface area contributed by atoms with Crippen LogP contribution in [0.2, 0.25) is 0 Å². The van der Waals surface area contributed by atoms with E-state index in [0.29, 0.717) is 31.2 Å². The summed E-state index contributed by atoms with van der Waals surface area (Å²) in [5, 5.41) is 11.9. The summed E-state index contributed by atoms with van der Waals surface area (Å²) in [4.78, 5) is 22.9. The maximum Gasteiger partial charge on any atom is 0.307 e. The van der Waals surface area contributed by atoms with Crippen molar-refractivity contribution in [2.75, 3.05) is 6.54 Å². The fourth-order valence-corrected chi connectivity index (χ4v) is 2.29. The average molecular weight is 227 g/mol. The molecule has 4 heteroatoms. The van der Waals surface area contributed by atoms with Crippen molar-refractivity contribution in [1.82, 2.24) is 5.32 Å². The summed E-state index contributed by atoms with van der Waals surface area (Å²) in [6.07, 6.45) is 1.32. The summed E-state index contributed by atoms with van der Waals surface area (Å²) in [5.74, 6) is -1.05. The van der Waals surface area contributed by atoms with Crippen LogP contribution in [0.1, 0.15) is 33.6 Å². The van der Waals surface area contributed by atoms with Gasteiger partial charge in [0, 0.05) is 6.54 Å². The normalized spacial score (nSPS) is 29.4. The van der Waals surface area contributed by atoms with Crippen molar-refractivity contribution in [3.8, 4) is 0 Å². The Bertz CT molecular complexity index is 275. The van der Waals surface area contributed by atoms with Crippen molar-refractivity contribution in [3.05, 3.63) is 0 Å². The van der Waals surface area contributed by atoms with Gasteiger partial charge < -0.3 is 10.4 Å². The van der Waals surface area contributed by atoms with E-state index in [1.54, 1.807) is 0 Å². The lowest BCUT2D eigenvalue weighted by Crippen LogP contribution is -2.37. The standard InChI is InChI=1S/C12H21NO3/c1-7(2)6-13-11(14)9-4-8(3)5-10(9)12(15)16/h7-10H,4-6H2,1-3H3,(H,13,14)(H,15,16). The Morgan fingerprint density at radius 3 is 2.38 bits per heavy atom. The topological polar surface area (TPSA) is 66.4 Å². The highest BCUT2D eigenvalue weighted by molar-refractivity contribution is 5.85. The van der Waals surface area contributed by atoms with Gasteiger partial charge in [-0.2, -0.15) is 0 Å². The number of amides is 1. The van der Waals surface area contributed by atoms with Gasteiger partial charge in [-0.1, -0.05) is 20.8 Å². The minimum absolute atomic E-state index is 0.0922. The summed E-state index contributed by atoms with van der Waals surface area (Å²) in [6.45, 7) is 6.67. The molecule has 3 unspecified atom stereocenters. The maximum atomic E-state index is 11.8. The summed E-state index contributed by atoms with van der Waals surface area (Å²) in [6, 6.07) is 0. The molecule has 16 heavy (non-hydrogen) atoms. The first-order valence-electron chi connectivity index (χ1n) is 5.92. The molecule has 0 aromatic rings. The lowest BCUT2D eigenvalue weighted by Gasteiger charge is -2.16. The fourth-order valence-electron chi connectivity index (χ4n) is 2.29. The summed E-state index contributed by atoms with van der Waals surface area (Å²) < 4.78 is 0. The minimum Gasteiger partial charge on any atom is -0.481 e. The van der Waals surface area contributed by atoms with Crippen LogP contribution in [-0.2, 0) is 9.59 Å². The van der Waals surface area contributed by atoms with Crippen LogP contribution in [0, 0.1) is 23.7 Å². The molecule has 4 nitrogen and oxygen atoms in total. The highest BCUT2D eigenvalue weighted by atomic mass is 16.4. The van der Waals surface area contributed by atoms with Gasteiger partial charge in [-0.15, -0.1) is 0 Å². The molecule has 0 saturated heterocycles. The fraction of sp³-hybridized carbons (Fsp3) is 0.833. The Balaban J connectivity index is 2.56. The molecule has 1 aliphatic rings. The molecule has 0 aromatic carbocycles. The minimum atomic E-state index is -0.839. The van der Waals surface area contributed by atoms with E-state index in [4.69, 9.17) is 5.11 Å². The molecule has 0 bridgehead atoms. The van der Waals surface area contributed by atoms with E-state index >= 15 is 0 Å². The van der Waals surface area contributed by atoms with E-state index in [9.17, 15) is 9.59 Å². The lowest BCUT2D eigenvalue weighted by molar-refractivity contribution is -0.146. The van der Waals surface area contributed by atoms with Crippen molar-refractivity contribution in [1.29, 1.82) is 0 Å². The van der Waals surface area contributed by atoms with Crippen LogP contribution in [0.5, 0.6) is 0 Å². The monoisotopic (exact) mass is 227 g/mol. The van der Waals surface area contributed by atoms with Gasteiger partial charge in [0.25, 0.3) is 0 Å². The highest BCUT2D eigenvalue weighted by Crippen LogP contribution is 2.36. The second-order valence-electron chi connectivity index (χ2n) is 5.27. The molecule has 3 atom stereocenters. The van der Waals surface area contributed by atoms with Gasteiger partial charge >= 0.3 is 5.97 Å². The summed E-state index contributed by atoms with van der Waals surface area (Å²) in [5.41, 5.74) is 0. The van der Waals surface area contributed by atoms with Crippen LogP contribution in [0.3, 0.4) is 0 Å². The Morgan fingerprint density at radius 1 is 1.31 bits per heavy atom. The van der Waals surface area contributed by atoms with Crippen molar-refractivity contribution >= 4 is 11.9 Å². The number of carbonyl (C=O) groups is 2. The number of carboxylic acids is 1. The Labute approximate surface area is 96.4 Å². The first-order chi connectivity index (χ1) is 7.41. The predicted molar refractivity (Wildman–Crippen MR) is 60.9 cm³/mol. The Hall–Kier alpha value is -1.06. The Kier molecular flexibility index (Phi) is 4.33. The van der Waals surface area contributed by atoms with Gasteiger partial charge in [-0.05, 0) is 24.7 Å². The van der Waals surface area contributed by atoms with Crippen LogP contribution in [0.15, 0.2) is 0 Å². The zero-order valence-corrected chi connectivity index (χ0v) is 10.2. The van der Waals surface area contributed by atoms with Crippen molar-refractivity contribution in [2.24, 2.45) is 23.7 Å². The molecule has 0 spiro atoms. The second-order valence-corrected chi connectivity index (χ2v) is 5.27. The maximum absolute atomic E-state index is 11.8. The molecular formula is C12H21NO3. The van der Waals surface area contributed by atoms with Crippen molar-refractivity contribution in [2.45, 2.75) is 33.6 Å². The van der Waals surface area contributed by atoms with Crippen molar-refractivity contribution < 1.29 is 14.7 Å². The number of aliphatic carboxylic acids is 1. The molecule has 1 amide bonds. The van der Waals surface area contributed by atoms with Crippen LogP contribution in [0.25, 0.3) is 0 Å². The largest absolute Gasteiger partial charge is 0.481 e. The molecular weight excluding hydrogens is 206 g/mol. The van der Waals surface area contributed by atoms with Gasteiger partial charge in [-0.25, -0.2) is 0 Å². The van der Waals surface area contributed by atoms with Gasteiger partial charge in [0.2, 0.25) is 5.91 Å². The molecule has 0 heterocycles. The molecule has 0 aliphatic heterocycles. The number of hydrogen-bond donors (Lipinski definition) is 2. The SMILES string of the molecule is CC(C)CNC(=O)C1CC(C)CC1C(=O)O. The summed E-state index contributed by atoms with van der Waals surface area (Å²) >= 11 is 0. The van der Waals surface area contributed by atoms with E-state index < -0.39 is 11.9 Å². The number of rotatable bonds is 4. The van der Waals surface area contributed by atoms with Crippen molar-refractivity contribution in [3.63, 3.8) is 0 Å². The van der Waals surface area contributed by atoms with E-state index in [1.165, 1.54) is 0 Å². The smallest absolute Gasteiger partial charge is 0.307 e.